The van der Waals surface area contributed by atoms with Crippen LogP contribution < -0.4 is 10.6 Å². The molecule has 0 saturated heterocycles. The summed E-state index contributed by atoms with van der Waals surface area (Å²) in [6, 6.07) is -0.479. The molecule has 0 aromatic carbocycles. The highest BCUT2D eigenvalue weighted by molar-refractivity contribution is 7.09. The maximum absolute atomic E-state index is 11.1. The number of aromatic nitrogens is 2. The third-order valence-electron chi connectivity index (χ3n) is 1.37. The molecule has 7 nitrogen and oxygen atoms in total. The van der Waals surface area contributed by atoms with Crippen LogP contribution in [0.2, 0.25) is 0 Å². The fourth-order valence-corrected chi connectivity index (χ4v) is 1.34. The van der Waals surface area contributed by atoms with E-state index in [9.17, 15) is 9.59 Å². The van der Waals surface area contributed by atoms with Crippen molar-refractivity contribution in [2.45, 2.75) is 13.3 Å². The van der Waals surface area contributed by atoms with Crippen LogP contribution in [-0.4, -0.2) is 33.0 Å². The zero-order chi connectivity index (χ0) is 11.3. The molecular formula is C7H10N4O3S. The average molecular weight is 230 g/mol. The first-order valence-electron chi connectivity index (χ1n) is 4.15. The van der Waals surface area contributed by atoms with E-state index in [2.05, 4.69) is 20.0 Å². The molecule has 0 aliphatic carbocycles. The van der Waals surface area contributed by atoms with Gasteiger partial charge in [0.25, 0.3) is 0 Å². The summed E-state index contributed by atoms with van der Waals surface area (Å²) in [5, 5.41) is 13.5. The van der Waals surface area contributed by atoms with Gasteiger partial charge in [0.2, 0.25) is 5.13 Å². The summed E-state index contributed by atoms with van der Waals surface area (Å²) in [6.45, 7) is 1.79. The van der Waals surface area contributed by atoms with Crippen LogP contribution in [-0.2, 0) is 4.79 Å². The lowest BCUT2D eigenvalue weighted by Gasteiger charge is -2.02. The van der Waals surface area contributed by atoms with Crippen LogP contribution in [0.25, 0.3) is 0 Å². The van der Waals surface area contributed by atoms with E-state index in [-0.39, 0.29) is 13.0 Å². The van der Waals surface area contributed by atoms with Gasteiger partial charge in [0.1, 0.15) is 5.82 Å². The van der Waals surface area contributed by atoms with Crippen LogP contribution in [0.4, 0.5) is 9.93 Å². The Hall–Kier alpha value is -1.70. The normalized spacial score (nSPS) is 9.67. The van der Waals surface area contributed by atoms with Gasteiger partial charge < -0.3 is 10.4 Å². The van der Waals surface area contributed by atoms with Crippen LogP contribution in [0.1, 0.15) is 12.2 Å². The van der Waals surface area contributed by atoms with Crippen LogP contribution >= 0.6 is 11.5 Å². The molecule has 1 aromatic rings. The summed E-state index contributed by atoms with van der Waals surface area (Å²) >= 11 is 1.07. The number of rotatable bonds is 4. The molecular weight excluding hydrogens is 220 g/mol. The average Bonchev–Trinajstić information content (AvgIpc) is 2.50. The number of nitrogens with zero attached hydrogens (tertiary/aromatic N) is 2. The minimum absolute atomic E-state index is 0.0823. The lowest BCUT2D eigenvalue weighted by atomic mass is 10.4. The number of carboxylic acid groups (broad SMARTS) is 1. The Balaban J connectivity index is 2.27. The van der Waals surface area contributed by atoms with Gasteiger partial charge in [0.05, 0.1) is 6.42 Å². The number of carboxylic acids is 1. The molecule has 0 fully saturated rings. The van der Waals surface area contributed by atoms with E-state index in [1.807, 2.05) is 0 Å². The van der Waals surface area contributed by atoms with Crippen molar-refractivity contribution in [3.05, 3.63) is 5.82 Å². The molecule has 0 spiro atoms. The van der Waals surface area contributed by atoms with Crippen molar-refractivity contribution in [1.29, 1.82) is 0 Å². The summed E-state index contributed by atoms with van der Waals surface area (Å²) in [5.74, 6) is -0.372. The van der Waals surface area contributed by atoms with E-state index in [4.69, 9.17) is 5.11 Å². The highest BCUT2D eigenvalue weighted by Crippen LogP contribution is 2.09. The molecule has 1 aromatic heterocycles. The van der Waals surface area contributed by atoms with Crippen molar-refractivity contribution in [2.75, 3.05) is 11.9 Å². The van der Waals surface area contributed by atoms with Gasteiger partial charge >= 0.3 is 12.0 Å². The van der Waals surface area contributed by atoms with Gasteiger partial charge in [-0.2, -0.15) is 4.37 Å². The molecule has 0 unspecified atom stereocenters. The number of aryl methyl sites for hydroxylation is 1. The summed E-state index contributed by atoms with van der Waals surface area (Å²) in [6.07, 6.45) is -0.109. The number of hydrogen-bond acceptors (Lipinski definition) is 5. The third kappa shape index (κ3) is 4.36. The monoisotopic (exact) mass is 230 g/mol. The van der Waals surface area contributed by atoms with Crippen molar-refractivity contribution in [1.82, 2.24) is 14.7 Å². The maximum atomic E-state index is 11.1. The molecule has 8 heteroatoms. The van der Waals surface area contributed by atoms with E-state index in [1.54, 1.807) is 6.92 Å². The summed E-state index contributed by atoms with van der Waals surface area (Å²) < 4.78 is 3.87. The van der Waals surface area contributed by atoms with E-state index in [0.29, 0.717) is 11.0 Å². The topological polar surface area (TPSA) is 104 Å². The quantitative estimate of drug-likeness (QED) is 0.696. The molecule has 0 bridgehead atoms. The van der Waals surface area contributed by atoms with Crippen molar-refractivity contribution in [3.8, 4) is 0 Å². The number of carbonyl (C=O) groups is 2. The summed E-state index contributed by atoms with van der Waals surface area (Å²) in [7, 11) is 0. The molecule has 0 saturated carbocycles. The third-order valence-corrected chi connectivity index (χ3v) is 2.09. The molecule has 15 heavy (non-hydrogen) atoms. The molecule has 3 N–H and O–H groups in total. The fraction of sp³-hybridized carbons (Fsp3) is 0.429. The number of nitrogens with one attached hydrogen (secondary N) is 2. The Bertz CT molecular complexity index is 365. The van der Waals surface area contributed by atoms with E-state index < -0.39 is 12.0 Å². The van der Waals surface area contributed by atoms with Gasteiger partial charge in [-0.15, -0.1) is 0 Å². The molecule has 0 radical (unpaired) electrons. The van der Waals surface area contributed by atoms with E-state index >= 15 is 0 Å². The van der Waals surface area contributed by atoms with Crippen LogP contribution in [0.3, 0.4) is 0 Å². The molecule has 1 heterocycles. The standard InChI is InChI=1S/C7H10N4O3S/c1-4-9-7(15-11-4)10-6(14)8-3-2-5(12)13/h2-3H2,1H3,(H,12,13)(H2,8,9,10,11,14). The van der Waals surface area contributed by atoms with Crippen molar-refractivity contribution in [3.63, 3.8) is 0 Å². The molecule has 0 atom stereocenters. The largest absolute Gasteiger partial charge is 0.481 e. The van der Waals surface area contributed by atoms with Crippen LogP contribution in [0, 0.1) is 6.92 Å². The van der Waals surface area contributed by atoms with Crippen molar-refractivity contribution < 1.29 is 14.7 Å². The number of anilines is 1. The highest BCUT2D eigenvalue weighted by Gasteiger charge is 2.05. The number of aliphatic carboxylic acids is 1. The molecule has 82 valence electrons. The Morgan fingerprint density at radius 3 is 2.80 bits per heavy atom. The molecule has 0 aliphatic heterocycles. The zero-order valence-corrected chi connectivity index (χ0v) is 8.80. The Labute approximate surface area is 89.7 Å². The minimum atomic E-state index is -0.956. The Morgan fingerprint density at radius 2 is 2.27 bits per heavy atom. The van der Waals surface area contributed by atoms with Gasteiger partial charge in [-0.3, -0.25) is 10.1 Å². The second-order valence-corrected chi connectivity index (χ2v) is 3.42. The molecule has 0 aliphatic rings. The fourth-order valence-electron chi connectivity index (χ4n) is 0.772. The number of urea groups is 1. The first kappa shape index (κ1) is 11.4. The SMILES string of the molecule is Cc1nsc(NC(=O)NCCC(=O)O)n1. The second-order valence-electron chi connectivity index (χ2n) is 2.67. The van der Waals surface area contributed by atoms with Gasteiger partial charge in [-0.05, 0) is 6.92 Å². The summed E-state index contributed by atoms with van der Waals surface area (Å²) in [5.41, 5.74) is 0. The number of amides is 2. The molecule has 1 rings (SSSR count). The van der Waals surface area contributed by atoms with E-state index in [0.717, 1.165) is 11.5 Å². The Morgan fingerprint density at radius 1 is 1.53 bits per heavy atom. The van der Waals surface area contributed by atoms with E-state index in [1.165, 1.54) is 0 Å². The first-order chi connectivity index (χ1) is 7.08. The highest BCUT2D eigenvalue weighted by atomic mass is 32.1. The van der Waals surface area contributed by atoms with Gasteiger partial charge in [-0.1, -0.05) is 0 Å². The first-order valence-corrected chi connectivity index (χ1v) is 4.92. The second kappa shape index (κ2) is 5.25. The zero-order valence-electron chi connectivity index (χ0n) is 7.98. The Kier molecular flexibility index (Phi) is 3.98. The smallest absolute Gasteiger partial charge is 0.321 e. The van der Waals surface area contributed by atoms with Crippen molar-refractivity contribution in [2.24, 2.45) is 0 Å². The number of carbonyl (C=O) groups excluding carboxylic acids is 1. The van der Waals surface area contributed by atoms with Gasteiger partial charge in [-0.25, -0.2) is 9.78 Å². The number of hydrogen-bond donors (Lipinski definition) is 3. The predicted molar refractivity (Wildman–Crippen MR) is 53.9 cm³/mol. The van der Waals surface area contributed by atoms with Gasteiger partial charge in [0.15, 0.2) is 0 Å². The lowest BCUT2D eigenvalue weighted by molar-refractivity contribution is -0.136. The summed E-state index contributed by atoms with van der Waals surface area (Å²) in [4.78, 5) is 25.2. The maximum Gasteiger partial charge on any atom is 0.321 e. The predicted octanol–water partition coefficient (Wildman–Crippen LogP) is 0.443. The minimum Gasteiger partial charge on any atom is -0.481 e. The lowest BCUT2D eigenvalue weighted by Crippen LogP contribution is -2.30. The van der Waals surface area contributed by atoms with Gasteiger partial charge in [0, 0.05) is 18.1 Å². The van der Waals surface area contributed by atoms with Crippen molar-refractivity contribution >= 4 is 28.7 Å². The van der Waals surface area contributed by atoms with Crippen LogP contribution in [0.5, 0.6) is 0 Å². The molecule has 2 amide bonds. The van der Waals surface area contributed by atoms with Crippen LogP contribution in [0.15, 0.2) is 0 Å².